The van der Waals surface area contributed by atoms with E-state index in [2.05, 4.69) is 41.0 Å². The van der Waals surface area contributed by atoms with Gasteiger partial charge in [-0.05, 0) is 78.9 Å². The quantitative estimate of drug-likeness (QED) is 0.422. The maximum absolute atomic E-state index is 12.9. The Morgan fingerprint density at radius 1 is 0.879 bits per heavy atom. The third-order valence-electron chi connectivity index (χ3n) is 6.28. The zero-order valence-electron chi connectivity index (χ0n) is 18.8. The third kappa shape index (κ3) is 4.76. The first-order valence-electron chi connectivity index (χ1n) is 11.1. The van der Waals surface area contributed by atoms with Gasteiger partial charge in [-0.2, -0.15) is 0 Å². The van der Waals surface area contributed by atoms with Crippen LogP contribution in [0.3, 0.4) is 0 Å². The van der Waals surface area contributed by atoms with E-state index in [1.54, 1.807) is 6.92 Å². The number of phenolic OH excluding ortho intramolecular Hbond substituents is 2. The van der Waals surface area contributed by atoms with E-state index < -0.39 is 0 Å². The Balaban J connectivity index is 1.67. The van der Waals surface area contributed by atoms with Gasteiger partial charge in [-0.3, -0.25) is 9.59 Å². The van der Waals surface area contributed by atoms with E-state index in [0.29, 0.717) is 12.8 Å². The second kappa shape index (κ2) is 9.46. The molecule has 33 heavy (non-hydrogen) atoms. The fourth-order valence-corrected chi connectivity index (χ4v) is 4.52. The van der Waals surface area contributed by atoms with Crippen molar-refractivity contribution in [1.29, 1.82) is 0 Å². The van der Waals surface area contributed by atoms with E-state index in [1.165, 1.54) is 23.8 Å². The number of ketones is 1. The van der Waals surface area contributed by atoms with Gasteiger partial charge in [-0.1, -0.05) is 36.4 Å². The largest absolute Gasteiger partial charge is 0.504 e. The molecule has 1 aliphatic rings. The molecular weight excluding hydrogens is 416 g/mol. The monoisotopic (exact) mass is 444 g/mol. The lowest BCUT2D eigenvalue weighted by molar-refractivity contribution is -0.118. The molecule has 4 N–H and O–H groups in total. The second-order valence-corrected chi connectivity index (χ2v) is 8.54. The molecule has 6 heteroatoms. The van der Waals surface area contributed by atoms with Crippen molar-refractivity contribution in [3.05, 3.63) is 82.9 Å². The van der Waals surface area contributed by atoms with Crippen molar-refractivity contribution < 1.29 is 19.8 Å². The van der Waals surface area contributed by atoms with E-state index in [9.17, 15) is 19.8 Å². The maximum atomic E-state index is 12.9. The average Bonchev–Trinajstić information content (AvgIpc) is 2.81. The Hall–Kier alpha value is -3.64. The highest BCUT2D eigenvalue weighted by molar-refractivity contribution is 5.95. The van der Waals surface area contributed by atoms with Crippen molar-refractivity contribution in [2.75, 3.05) is 7.05 Å². The SMILES string of the molecule is CNCc1ccc(-c2ccc3c(c2)C(NC(=O)c2ccc(O)c(O)c2)CCC3C(C)=O)cc1. The number of fused-ring (bicyclic) bond motifs is 1. The summed E-state index contributed by atoms with van der Waals surface area (Å²) >= 11 is 0. The number of benzene rings is 3. The predicted molar refractivity (Wildman–Crippen MR) is 127 cm³/mol. The molecule has 6 nitrogen and oxygen atoms in total. The standard InChI is InChI=1S/C27H28N2O4/c1-16(30)21-10-11-24(29-27(33)20-8-12-25(31)26(32)14-20)23-13-19(7-9-22(21)23)18-5-3-17(4-6-18)15-28-2/h3-9,12-14,21,24,28,31-32H,10-11,15H2,1-2H3,(H,29,33). The Labute approximate surface area is 193 Å². The average molecular weight is 445 g/mol. The fraction of sp³-hybridized carbons (Fsp3) is 0.259. The third-order valence-corrected chi connectivity index (χ3v) is 6.28. The summed E-state index contributed by atoms with van der Waals surface area (Å²) in [4.78, 5) is 25.2. The molecule has 170 valence electrons. The number of Topliss-reactive ketones (excluding diaryl/α,β-unsaturated/α-hetero) is 1. The van der Waals surface area contributed by atoms with Crippen LogP contribution in [-0.4, -0.2) is 29.0 Å². The van der Waals surface area contributed by atoms with Crippen molar-refractivity contribution in [3.8, 4) is 22.6 Å². The summed E-state index contributed by atoms with van der Waals surface area (Å²) in [7, 11) is 1.91. The van der Waals surface area contributed by atoms with Crippen LogP contribution >= 0.6 is 0 Å². The maximum Gasteiger partial charge on any atom is 0.251 e. The molecular formula is C27H28N2O4. The van der Waals surface area contributed by atoms with E-state index in [0.717, 1.165) is 28.8 Å². The number of phenols is 2. The van der Waals surface area contributed by atoms with Gasteiger partial charge in [0.15, 0.2) is 11.5 Å². The van der Waals surface area contributed by atoms with Crippen LogP contribution in [0.15, 0.2) is 60.7 Å². The molecule has 0 saturated heterocycles. The zero-order valence-corrected chi connectivity index (χ0v) is 18.8. The van der Waals surface area contributed by atoms with Gasteiger partial charge in [0, 0.05) is 18.0 Å². The van der Waals surface area contributed by atoms with Gasteiger partial charge in [0.2, 0.25) is 0 Å². The molecule has 0 fully saturated rings. The van der Waals surface area contributed by atoms with Crippen LogP contribution in [0.1, 0.15) is 58.8 Å². The van der Waals surface area contributed by atoms with Gasteiger partial charge in [0.1, 0.15) is 5.78 Å². The Morgan fingerprint density at radius 2 is 1.61 bits per heavy atom. The molecule has 4 rings (SSSR count). The van der Waals surface area contributed by atoms with Gasteiger partial charge in [-0.25, -0.2) is 0 Å². The molecule has 0 heterocycles. The first kappa shape index (κ1) is 22.6. The molecule has 0 aliphatic heterocycles. The minimum Gasteiger partial charge on any atom is -0.504 e. The van der Waals surface area contributed by atoms with Crippen LogP contribution in [0.4, 0.5) is 0 Å². The number of aromatic hydroxyl groups is 2. The van der Waals surface area contributed by atoms with Crippen LogP contribution in [0, 0.1) is 0 Å². The summed E-state index contributed by atoms with van der Waals surface area (Å²) < 4.78 is 0. The summed E-state index contributed by atoms with van der Waals surface area (Å²) in [6.45, 7) is 2.41. The number of hydrogen-bond acceptors (Lipinski definition) is 5. The molecule has 0 bridgehead atoms. The highest BCUT2D eigenvalue weighted by atomic mass is 16.3. The lowest BCUT2D eigenvalue weighted by atomic mass is 9.77. The van der Waals surface area contributed by atoms with Gasteiger partial charge in [-0.15, -0.1) is 0 Å². The lowest BCUT2D eigenvalue weighted by Crippen LogP contribution is -2.33. The smallest absolute Gasteiger partial charge is 0.251 e. The molecule has 1 aliphatic carbocycles. The molecule has 3 aromatic carbocycles. The van der Waals surface area contributed by atoms with Crippen molar-refractivity contribution in [3.63, 3.8) is 0 Å². The van der Waals surface area contributed by atoms with E-state index >= 15 is 0 Å². The van der Waals surface area contributed by atoms with Gasteiger partial charge in [0.05, 0.1) is 6.04 Å². The van der Waals surface area contributed by atoms with Gasteiger partial charge < -0.3 is 20.8 Å². The molecule has 2 unspecified atom stereocenters. The first-order chi connectivity index (χ1) is 15.9. The number of rotatable bonds is 6. The van der Waals surface area contributed by atoms with Crippen molar-refractivity contribution in [1.82, 2.24) is 10.6 Å². The molecule has 0 radical (unpaired) electrons. The minimum atomic E-state index is -0.343. The normalized spacial score (nSPS) is 17.3. The van der Waals surface area contributed by atoms with Crippen molar-refractivity contribution in [2.45, 2.75) is 38.3 Å². The van der Waals surface area contributed by atoms with Gasteiger partial charge >= 0.3 is 0 Å². The van der Waals surface area contributed by atoms with Crippen LogP contribution in [0.5, 0.6) is 11.5 Å². The second-order valence-electron chi connectivity index (χ2n) is 8.54. The zero-order chi connectivity index (χ0) is 23.5. The fourth-order valence-electron chi connectivity index (χ4n) is 4.52. The van der Waals surface area contributed by atoms with Crippen molar-refractivity contribution >= 4 is 11.7 Å². The molecule has 0 aromatic heterocycles. The van der Waals surface area contributed by atoms with Crippen LogP contribution in [0.25, 0.3) is 11.1 Å². The Bertz CT molecular complexity index is 1190. The summed E-state index contributed by atoms with van der Waals surface area (Å²) in [5.74, 6) is -1.02. The van der Waals surface area contributed by atoms with Crippen LogP contribution in [-0.2, 0) is 11.3 Å². The first-order valence-corrected chi connectivity index (χ1v) is 11.1. The van der Waals surface area contributed by atoms with E-state index in [4.69, 9.17) is 0 Å². The molecule has 1 amide bonds. The van der Waals surface area contributed by atoms with Crippen LogP contribution < -0.4 is 10.6 Å². The number of carbonyl (C=O) groups is 2. The number of nitrogens with one attached hydrogen (secondary N) is 2. The van der Waals surface area contributed by atoms with Crippen LogP contribution in [0.2, 0.25) is 0 Å². The van der Waals surface area contributed by atoms with Gasteiger partial charge in [0.25, 0.3) is 5.91 Å². The molecule has 3 aromatic rings. The minimum absolute atomic E-state index is 0.119. The summed E-state index contributed by atoms with van der Waals surface area (Å²) in [6, 6.07) is 18.2. The number of carbonyl (C=O) groups excluding carboxylic acids is 2. The Morgan fingerprint density at radius 3 is 2.27 bits per heavy atom. The van der Waals surface area contributed by atoms with E-state index in [1.807, 2.05) is 19.2 Å². The molecule has 0 spiro atoms. The molecule has 0 saturated carbocycles. The summed E-state index contributed by atoms with van der Waals surface area (Å²) in [5, 5.41) is 25.5. The molecule has 2 atom stereocenters. The number of hydrogen-bond donors (Lipinski definition) is 4. The van der Waals surface area contributed by atoms with E-state index in [-0.39, 0.29) is 40.7 Å². The highest BCUT2D eigenvalue weighted by Crippen LogP contribution is 2.40. The highest BCUT2D eigenvalue weighted by Gasteiger charge is 2.31. The lowest BCUT2D eigenvalue weighted by Gasteiger charge is -2.31. The van der Waals surface area contributed by atoms with Crippen molar-refractivity contribution in [2.24, 2.45) is 0 Å². The summed E-state index contributed by atoms with van der Waals surface area (Å²) in [5.41, 5.74) is 5.43. The Kier molecular flexibility index (Phi) is 6.47. The number of amides is 1. The summed E-state index contributed by atoms with van der Waals surface area (Å²) in [6.07, 6.45) is 1.30. The topological polar surface area (TPSA) is 98.7 Å². The predicted octanol–water partition coefficient (Wildman–Crippen LogP) is 4.42.